The van der Waals surface area contributed by atoms with Crippen molar-refractivity contribution in [3.63, 3.8) is 0 Å². The Bertz CT molecular complexity index is 1530. The van der Waals surface area contributed by atoms with Crippen molar-refractivity contribution in [1.82, 2.24) is 9.55 Å². The molecule has 36 heavy (non-hydrogen) atoms. The Balaban J connectivity index is 1.75. The number of hydrogen-bond acceptors (Lipinski definition) is 5. The molecule has 0 aliphatic heterocycles. The number of rotatable bonds is 6. The van der Waals surface area contributed by atoms with Crippen molar-refractivity contribution in [2.75, 3.05) is 12.4 Å². The molecular formula is C28H27FN4O3. The van der Waals surface area contributed by atoms with Crippen LogP contribution in [0.1, 0.15) is 27.0 Å². The number of amides is 1. The highest BCUT2D eigenvalue weighted by Crippen LogP contribution is 2.37. The highest BCUT2D eigenvalue weighted by molar-refractivity contribution is 6.04. The SMILES string of the molecule is COc1cc(-c2cccc(-c3cccc(NC(=O)c4cncn(C)c4=O)c3C)c2C)cc(F)c1CN. The summed E-state index contributed by atoms with van der Waals surface area (Å²) in [7, 11) is 3.03. The number of methoxy groups -OCH3 is 1. The van der Waals surface area contributed by atoms with Crippen molar-refractivity contribution in [3.05, 3.63) is 99.5 Å². The Morgan fingerprint density at radius 2 is 1.75 bits per heavy atom. The molecule has 1 aromatic heterocycles. The maximum Gasteiger partial charge on any atom is 0.265 e. The van der Waals surface area contributed by atoms with E-state index in [0.29, 0.717) is 22.6 Å². The van der Waals surface area contributed by atoms with Crippen LogP contribution in [0, 0.1) is 19.7 Å². The van der Waals surface area contributed by atoms with E-state index in [4.69, 9.17) is 10.5 Å². The monoisotopic (exact) mass is 486 g/mol. The van der Waals surface area contributed by atoms with Gasteiger partial charge in [-0.15, -0.1) is 0 Å². The first-order valence-electron chi connectivity index (χ1n) is 11.3. The quantitative estimate of drug-likeness (QED) is 0.415. The molecule has 0 atom stereocenters. The summed E-state index contributed by atoms with van der Waals surface area (Å²) in [6, 6.07) is 14.6. The Morgan fingerprint density at radius 1 is 1.08 bits per heavy atom. The maximum atomic E-state index is 14.7. The second-order valence-electron chi connectivity index (χ2n) is 8.48. The fourth-order valence-corrected chi connectivity index (χ4v) is 4.30. The summed E-state index contributed by atoms with van der Waals surface area (Å²) in [6.07, 6.45) is 2.61. The van der Waals surface area contributed by atoms with Gasteiger partial charge in [0.05, 0.1) is 13.4 Å². The van der Waals surface area contributed by atoms with Crippen LogP contribution < -0.4 is 21.3 Å². The standard InChI is InChI=1S/C28H27FN4O3/c1-16-19(18-11-24(29)22(13-30)26(12-18)36-4)7-5-8-20(16)21-9-6-10-25(17(21)2)32-27(34)23-14-31-15-33(3)28(23)35/h5-12,14-15H,13,30H2,1-4H3,(H,32,34). The van der Waals surface area contributed by atoms with Gasteiger partial charge in [-0.2, -0.15) is 0 Å². The smallest absolute Gasteiger partial charge is 0.265 e. The zero-order valence-corrected chi connectivity index (χ0v) is 20.6. The van der Waals surface area contributed by atoms with Crippen molar-refractivity contribution in [2.24, 2.45) is 12.8 Å². The number of halogens is 1. The third-order valence-electron chi connectivity index (χ3n) is 6.33. The molecule has 4 rings (SSSR count). The number of aromatic nitrogens is 2. The van der Waals surface area contributed by atoms with Gasteiger partial charge in [-0.1, -0.05) is 30.3 Å². The van der Waals surface area contributed by atoms with Gasteiger partial charge in [0.25, 0.3) is 11.5 Å². The normalized spacial score (nSPS) is 10.8. The van der Waals surface area contributed by atoms with Gasteiger partial charge in [0.2, 0.25) is 0 Å². The summed E-state index contributed by atoms with van der Waals surface area (Å²) in [5.74, 6) is -0.546. The Hall–Kier alpha value is -4.30. The molecule has 4 aromatic rings. The minimum Gasteiger partial charge on any atom is -0.496 e. The molecule has 184 valence electrons. The second-order valence-corrected chi connectivity index (χ2v) is 8.48. The lowest BCUT2D eigenvalue weighted by molar-refractivity contribution is 0.102. The average Bonchev–Trinajstić information content (AvgIpc) is 2.86. The summed E-state index contributed by atoms with van der Waals surface area (Å²) >= 11 is 0. The summed E-state index contributed by atoms with van der Waals surface area (Å²) in [5, 5.41) is 2.84. The van der Waals surface area contributed by atoms with Gasteiger partial charge in [0.1, 0.15) is 17.1 Å². The molecule has 3 aromatic carbocycles. The van der Waals surface area contributed by atoms with Gasteiger partial charge in [0.15, 0.2) is 0 Å². The molecule has 0 radical (unpaired) electrons. The molecule has 0 spiro atoms. The summed E-state index contributed by atoms with van der Waals surface area (Å²) in [5.41, 5.74) is 11.3. The maximum absolute atomic E-state index is 14.7. The zero-order chi connectivity index (χ0) is 26.0. The van der Waals surface area contributed by atoms with E-state index >= 15 is 0 Å². The Labute approximate surface area is 208 Å². The number of anilines is 1. The van der Waals surface area contributed by atoms with Crippen LogP contribution in [0.15, 0.2) is 65.8 Å². The number of carbonyl (C=O) groups is 1. The number of nitrogens with zero attached hydrogens (tertiary/aromatic N) is 2. The number of benzene rings is 3. The van der Waals surface area contributed by atoms with E-state index in [-0.39, 0.29) is 12.1 Å². The van der Waals surface area contributed by atoms with Crippen LogP contribution in [0.5, 0.6) is 5.75 Å². The molecule has 0 aliphatic carbocycles. The van der Waals surface area contributed by atoms with Crippen LogP contribution in [0.3, 0.4) is 0 Å². The van der Waals surface area contributed by atoms with Crippen molar-refractivity contribution < 1.29 is 13.9 Å². The van der Waals surface area contributed by atoms with Crippen LogP contribution in [0.2, 0.25) is 0 Å². The van der Waals surface area contributed by atoms with Crippen molar-refractivity contribution in [3.8, 4) is 28.0 Å². The van der Waals surface area contributed by atoms with Gasteiger partial charge < -0.3 is 20.4 Å². The highest BCUT2D eigenvalue weighted by Gasteiger charge is 2.17. The molecule has 1 amide bonds. The van der Waals surface area contributed by atoms with Crippen molar-refractivity contribution >= 4 is 11.6 Å². The first-order valence-corrected chi connectivity index (χ1v) is 11.3. The molecule has 0 saturated carbocycles. The minimum atomic E-state index is -0.531. The molecule has 0 saturated heterocycles. The molecule has 7 nitrogen and oxygen atoms in total. The summed E-state index contributed by atoms with van der Waals surface area (Å²) in [4.78, 5) is 29.1. The Kier molecular flexibility index (Phi) is 6.98. The van der Waals surface area contributed by atoms with Gasteiger partial charge in [0, 0.05) is 31.0 Å². The molecular weight excluding hydrogens is 459 g/mol. The van der Waals surface area contributed by atoms with Crippen LogP contribution in [0.25, 0.3) is 22.3 Å². The van der Waals surface area contributed by atoms with Gasteiger partial charge in [-0.05, 0) is 65.4 Å². The van der Waals surface area contributed by atoms with Crippen LogP contribution in [-0.4, -0.2) is 22.6 Å². The third kappa shape index (κ3) is 4.50. The van der Waals surface area contributed by atoms with Crippen LogP contribution in [0.4, 0.5) is 10.1 Å². The largest absolute Gasteiger partial charge is 0.496 e. The lowest BCUT2D eigenvalue weighted by atomic mass is 9.90. The number of hydrogen-bond donors (Lipinski definition) is 2. The molecule has 0 bridgehead atoms. The van der Waals surface area contributed by atoms with E-state index in [1.54, 1.807) is 19.2 Å². The molecule has 0 aliphatic rings. The van der Waals surface area contributed by atoms with E-state index < -0.39 is 17.3 Å². The van der Waals surface area contributed by atoms with Crippen molar-refractivity contribution in [2.45, 2.75) is 20.4 Å². The van der Waals surface area contributed by atoms with E-state index in [0.717, 1.165) is 27.8 Å². The number of aryl methyl sites for hydroxylation is 1. The van der Waals surface area contributed by atoms with E-state index in [2.05, 4.69) is 10.3 Å². The predicted molar refractivity (Wildman–Crippen MR) is 139 cm³/mol. The van der Waals surface area contributed by atoms with Crippen LogP contribution >= 0.6 is 0 Å². The third-order valence-corrected chi connectivity index (χ3v) is 6.33. The van der Waals surface area contributed by atoms with Crippen molar-refractivity contribution in [1.29, 1.82) is 0 Å². The first-order chi connectivity index (χ1) is 17.3. The lowest BCUT2D eigenvalue weighted by Gasteiger charge is -2.17. The fourth-order valence-electron chi connectivity index (χ4n) is 4.30. The van der Waals surface area contributed by atoms with Gasteiger partial charge in [-0.25, -0.2) is 9.37 Å². The fraction of sp³-hybridized carbons (Fsp3) is 0.179. The lowest BCUT2D eigenvalue weighted by Crippen LogP contribution is -2.28. The Morgan fingerprint density at radius 3 is 2.44 bits per heavy atom. The average molecular weight is 487 g/mol. The summed E-state index contributed by atoms with van der Waals surface area (Å²) < 4.78 is 21.4. The minimum absolute atomic E-state index is 0.0388. The first kappa shape index (κ1) is 24.8. The van der Waals surface area contributed by atoms with E-state index in [1.807, 2.05) is 44.2 Å². The number of ether oxygens (including phenoxy) is 1. The summed E-state index contributed by atoms with van der Waals surface area (Å²) in [6.45, 7) is 3.91. The number of nitrogens with one attached hydrogen (secondary N) is 1. The predicted octanol–water partition coefficient (Wildman–Crippen LogP) is 4.59. The molecule has 3 N–H and O–H groups in total. The zero-order valence-electron chi connectivity index (χ0n) is 20.6. The van der Waals surface area contributed by atoms with Gasteiger partial charge in [-0.3, -0.25) is 9.59 Å². The number of nitrogens with two attached hydrogens (primary N) is 1. The molecule has 0 unspecified atom stereocenters. The topological polar surface area (TPSA) is 99.2 Å². The van der Waals surface area contributed by atoms with Crippen LogP contribution in [-0.2, 0) is 13.6 Å². The number of carbonyl (C=O) groups excluding carboxylic acids is 1. The van der Waals surface area contributed by atoms with E-state index in [1.165, 1.54) is 30.3 Å². The van der Waals surface area contributed by atoms with E-state index in [9.17, 15) is 14.0 Å². The highest BCUT2D eigenvalue weighted by atomic mass is 19.1. The molecule has 8 heteroatoms. The molecule has 1 heterocycles. The second kappa shape index (κ2) is 10.1. The molecule has 0 fully saturated rings. The van der Waals surface area contributed by atoms with Gasteiger partial charge >= 0.3 is 0 Å².